The Labute approximate surface area is 113 Å². The Kier molecular flexibility index (Phi) is 4.55. The molecule has 1 atom stereocenters. The molecule has 2 aromatic rings. The number of thiophene rings is 1. The van der Waals surface area contributed by atoms with Crippen molar-refractivity contribution in [3.8, 4) is 0 Å². The van der Waals surface area contributed by atoms with Crippen LogP contribution >= 0.6 is 11.3 Å². The summed E-state index contributed by atoms with van der Waals surface area (Å²) in [6, 6.07) is 2.57. The first-order chi connectivity index (χ1) is 8.72. The number of hydrogen-bond donors (Lipinski definition) is 1. The van der Waals surface area contributed by atoms with E-state index in [0.29, 0.717) is 6.04 Å². The lowest BCUT2D eigenvalue weighted by molar-refractivity contribution is 0.526. The normalized spacial score (nSPS) is 12.8. The highest BCUT2D eigenvalue weighted by molar-refractivity contribution is 7.07. The standard InChI is InChI=1S/C14H21N3S/c1-4-6-15-14(8-12-5-7-18-10-12)13-9-16-17(3)11(13)2/h5,7,9-10,14-15H,4,6,8H2,1-3H3. The Hall–Kier alpha value is -1.13. The maximum absolute atomic E-state index is 4.35. The first kappa shape index (κ1) is 13.3. The van der Waals surface area contributed by atoms with Gasteiger partial charge in [0.25, 0.3) is 0 Å². The van der Waals surface area contributed by atoms with Crippen molar-refractivity contribution in [2.75, 3.05) is 6.54 Å². The lowest BCUT2D eigenvalue weighted by atomic mass is 10.0. The number of hydrogen-bond acceptors (Lipinski definition) is 3. The van der Waals surface area contributed by atoms with Gasteiger partial charge in [0, 0.05) is 24.3 Å². The third-order valence-corrected chi connectivity index (χ3v) is 4.04. The number of rotatable bonds is 6. The van der Waals surface area contributed by atoms with E-state index >= 15 is 0 Å². The van der Waals surface area contributed by atoms with E-state index in [-0.39, 0.29) is 0 Å². The van der Waals surface area contributed by atoms with E-state index in [2.05, 4.69) is 41.1 Å². The van der Waals surface area contributed by atoms with Gasteiger partial charge in [-0.3, -0.25) is 4.68 Å². The molecule has 18 heavy (non-hydrogen) atoms. The van der Waals surface area contributed by atoms with Gasteiger partial charge in [0.05, 0.1) is 6.20 Å². The summed E-state index contributed by atoms with van der Waals surface area (Å²) in [6.07, 6.45) is 4.19. The van der Waals surface area contributed by atoms with Crippen LogP contribution in [0.15, 0.2) is 23.0 Å². The number of aromatic nitrogens is 2. The third kappa shape index (κ3) is 3.00. The molecule has 0 fully saturated rings. The first-order valence-electron chi connectivity index (χ1n) is 6.45. The van der Waals surface area contributed by atoms with Crippen LogP contribution < -0.4 is 5.32 Å². The quantitative estimate of drug-likeness (QED) is 0.868. The fourth-order valence-electron chi connectivity index (χ4n) is 2.11. The molecular formula is C14H21N3S. The van der Waals surface area contributed by atoms with Crippen molar-refractivity contribution in [1.29, 1.82) is 0 Å². The predicted molar refractivity (Wildman–Crippen MR) is 77.0 cm³/mol. The molecule has 0 spiro atoms. The van der Waals surface area contributed by atoms with Gasteiger partial charge in [-0.1, -0.05) is 6.92 Å². The van der Waals surface area contributed by atoms with E-state index in [9.17, 15) is 0 Å². The summed E-state index contributed by atoms with van der Waals surface area (Å²) in [7, 11) is 2.00. The molecule has 2 rings (SSSR count). The van der Waals surface area contributed by atoms with E-state index in [4.69, 9.17) is 0 Å². The molecular weight excluding hydrogens is 242 g/mol. The van der Waals surface area contributed by atoms with Crippen LogP contribution in [0.25, 0.3) is 0 Å². The average Bonchev–Trinajstić information content (AvgIpc) is 2.97. The molecule has 1 N–H and O–H groups in total. The fourth-order valence-corrected chi connectivity index (χ4v) is 2.79. The largest absolute Gasteiger partial charge is 0.310 e. The summed E-state index contributed by atoms with van der Waals surface area (Å²) in [5.41, 5.74) is 3.97. The number of aryl methyl sites for hydroxylation is 1. The molecule has 0 saturated heterocycles. The average molecular weight is 263 g/mol. The monoisotopic (exact) mass is 263 g/mol. The highest BCUT2D eigenvalue weighted by Crippen LogP contribution is 2.22. The minimum Gasteiger partial charge on any atom is -0.310 e. The van der Waals surface area contributed by atoms with Crippen LogP contribution in [0.5, 0.6) is 0 Å². The van der Waals surface area contributed by atoms with Crippen LogP contribution in [0.2, 0.25) is 0 Å². The van der Waals surface area contributed by atoms with Crippen LogP contribution in [-0.2, 0) is 13.5 Å². The second-order valence-electron chi connectivity index (χ2n) is 4.65. The molecule has 0 aliphatic carbocycles. The Morgan fingerprint density at radius 2 is 2.33 bits per heavy atom. The Morgan fingerprint density at radius 3 is 2.89 bits per heavy atom. The maximum Gasteiger partial charge on any atom is 0.0540 e. The summed E-state index contributed by atoms with van der Waals surface area (Å²) in [6.45, 7) is 5.38. The molecule has 4 heteroatoms. The van der Waals surface area contributed by atoms with E-state index in [1.807, 2.05) is 17.9 Å². The van der Waals surface area contributed by atoms with Crippen molar-refractivity contribution in [3.63, 3.8) is 0 Å². The molecule has 3 nitrogen and oxygen atoms in total. The maximum atomic E-state index is 4.35. The Bertz CT molecular complexity index is 473. The predicted octanol–water partition coefficient (Wildman–Crippen LogP) is 3.07. The second-order valence-corrected chi connectivity index (χ2v) is 5.43. The smallest absolute Gasteiger partial charge is 0.0540 e. The molecule has 0 aromatic carbocycles. The topological polar surface area (TPSA) is 29.9 Å². The summed E-state index contributed by atoms with van der Waals surface area (Å²) in [5.74, 6) is 0. The molecule has 2 heterocycles. The Balaban J connectivity index is 2.16. The van der Waals surface area contributed by atoms with Crippen molar-refractivity contribution < 1.29 is 0 Å². The van der Waals surface area contributed by atoms with Crippen molar-refractivity contribution in [2.45, 2.75) is 32.7 Å². The number of nitrogens with one attached hydrogen (secondary N) is 1. The summed E-state index contributed by atoms with van der Waals surface area (Å²) >= 11 is 1.76. The lowest BCUT2D eigenvalue weighted by Gasteiger charge is -2.18. The molecule has 1 unspecified atom stereocenters. The highest BCUT2D eigenvalue weighted by Gasteiger charge is 2.16. The SMILES string of the molecule is CCCNC(Cc1ccsc1)c1cnn(C)c1C. The van der Waals surface area contributed by atoms with Gasteiger partial charge in [0.2, 0.25) is 0 Å². The zero-order valence-corrected chi connectivity index (χ0v) is 12.1. The molecule has 0 aliphatic heterocycles. The van der Waals surface area contributed by atoms with Crippen LogP contribution in [0.3, 0.4) is 0 Å². The van der Waals surface area contributed by atoms with Crippen LogP contribution in [0.1, 0.15) is 36.2 Å². The van der Waals surface area contributed by atoms with Crippen molar-refractivity contribution in [1.82, 2.24) is 15.1 Å². The van der Waals surface area contributed by atoms with Gasteiger partial charge in [0.15, 0.2) is 0 Å². The van der Waals surface area contributed by atoms with Gasteiger partial charge in [-0.15, -0.1) is 0 Å². The van der Waals surface area contributed by atoms with Crippen LogP contribution in [-0.4, -0.2) is 16.3 Å². The zero-order valence-electron chi connectivity index (χ0n) is 11.3. The first-order valence-corrected chi connectivity index (χ1v) is 7.39. The zero-order chi connectivity index (χ0) is 13.0. The summed E-state index contributed by atoms with van der Waals surface area (Å²) in [5, 5.41) is 12.4. The van der Waals surface area contributed by atoms with Gasteiger partial charge in [0.1, 0.15) is 0 Å². The van der Waals surface area contributed by atoms with Crippen LogP contribution in [0, 0.1) is 6.92 Å². The van der Waals surface area contributed by atoms with Gasteiger partial charge in [-0.05, 0) is 48.7 Å². The molecule has 0 radical (unpaired) electrons. The van der Waals surface area contributed by atoms with E-state index in [1.54, 1.807) is 11.3 Å². The lowest BCUT2D eigenvalue weighted by Crippen LogP contribution is -2.24. The third-order valence-electron chi connectivity index (χ3n) is 3.31. The van der Waals surface area contributed by atoms with Crippen LogP contribution in [0.4, 0.5) is 0 Å². The number of nitrogens with zero attached hydrogens (tertiary/aromatic N) is 2. The molecule has 0 aliphatic rings. The fraction of sp³-hybridized carbons (Fsp3) is 0.500. The van der Waals surface area contributed by atoms with Gasteiger partial charge in [-0.2, -0.15) is 16.4 Å². The summed E-state index contributed by atoms with van der Waals surface area (Å²) < 4.78 is 1.95. The molecule has 0 amide bonds. The molecule has 98 valence electrons. The van der Waals surface area contributed by atoms with Gasteiger partial charge >= 0.3 is 0 Å². The molecule has 0 saturated carbocycles. The van der Waals surface area contributed by atoms with E-state index in [1.165, 1.54) is 16.8 Å². The highest BCUT2D eigenvalue weighted by atomic mass is 32.1. The second kappa shape index (κ2) is 6.16. The minimum absolute atomic E-state index is 0.369. The van der Waals surface area contributed by atoms with E-state index in [0.717, 1.165) is 19.4 Å². The Morgan fingerprint density at radius 1 is 1.50 bits per heavy atom. The summed E-state index contributed by atoms with van der Waals surface area (Å²) in [4.78, 5) is 0. The van der Waals surface area contributed by atoms with Crippen molar-refractivity contribution in [2.24, 2.45) is 7.05 Å². The molecule has 0 bridgehead atoms. The van der Waals surface area contributed by atoms with Crippen molar-refractivity contribution >= 4 is 11.3 Å². The van der Waals surface area contributed by atoms with Crippen molar-refractivity contribution in [3.05, 3.63) is 39.8 Å². The molecule has 2 aromatic heterocycles. The minimum atomic E-state index is 0.369. The van der Waals surface area contributed by atoms with E-state index < -0.39 is 0 Å². The van der Waals surface area contributed by atoms with Gasteiger partial charge in [-0.25, -0.2) is 0 Å². The van der Waals surface area contributed by atoms with Gasteiger partial charge < -0.3 is 5.32 Å².